The van der Waals surface area contributed by atoms with Gasteiger partial charge in [-0.15, -0.1) is 26.3 Å². The lowest BCUT2D eigenvalue weighted by Gasteiger charge is -2.46. The first kappa shape index (κ1) is 43.1. The molecule has 0 unspecified atom stereocenters. The number of nitrogens with one attached hydrogen (secondary N) is 1. The molecule has 3 N–H and O–H groups in total. The summed E-state index contributed by atoms with van der Waals surface area (Å²) in [5.74, 6) is -0.566. The molecule has 0 bridgehead atoms. The minimum Gasteiger partial charge on any atom is -0.382 e. The normalized spacial score (nSPS) is 20.9. The highest BCUT2D eigenvalue weighted by molar-refractivity contribution is 7.41. The Morgan fingerprint density at radius 2 is 1.56 bits per heavy atom. The molecule has 1 aliphatic heterocycles. The third-order valence-corrected chi connectivity index (χ3v) is 8.39. The van der Waals surface area contributed by atoms with Gasteiger partial charge in [0.2, 0.25) is 5.95 Å². The second kappa shape index (κ2) is 23.4. The zero-order valence-corrected chi connectivity index (χ0v) is 31.4. The van der Waals surface area contributed by atoms with Crippen molar-refractivity contribution >= 4 is 37.4 Å². The molecule has 6 atom stereocenters. The van der Waals surface area contributed by atoms with Crippen LogP contribution in [0.4, 0.5) is 11.8 Å². The van der Waals surface area contributed by atoms with E-state index in [0.29, 0.717) is 25.3 Å². The molecule has 2 aromatic heterocycles. The number of aromatic nitrogens is 4. The van der Waals surface area contributed by atoms with E-state index >= 15 is 0 Å². The van der Waals surface area contributed by atoms with Gasteiger partial charge in [-0.3, -0.25) is 10.1 Å². The summed E-state index contributed by atoms with van der Waals surface area (Å²) in [5.41, 5.74) is 7.16. The van der Waals surface area contributed by atoms with Crippen molar-refractivity contribution in [2.24, 2.45) is 5.92 Å². The Morgan fingerprint density at radius 1 is 0.923 bits per heavy atom. The van der Waals surface area contributed by atoms with Crippen LogP contribution in [0.2, 0.25) is 0 Å². The summed E-state index contributed by atoms with van der Waals surface area (Å²) in [5, 5.41) is 2.73. The van der Waals surface area contributed by atoms with Gasteiger partial charge in [-0.2, -0.15) is 9.97 Å². The van der Waals surface area contributed by atoms with Gasteiger partial charge in [-0.1, -0.05) is 38.2 Å². The Balaban J connectivity index is 1.87. The summed E-state index contributed by atoms with van der Waals surface area (Å²) in [6, 6.07) is 0. The van der Waals surface area contributed by atoms with Crippen molar-refractivity contribution in [3.05, 3.63) is 62.5 Å². The maximum Gasteiger partial charge on any atom is 0.333 e. The fraction of sp³-hybridized carbons (Fsp3) is 0.571. The number of amides is 1. The predicted octanol–water partition coefficient (Wildman–Crippen LogP) is 4.83. The van der Waals surface area contributed by atoms with Gasteiger partial charge < -0.3 is 47.7 Å². The van der Waals surface area contributed by atoms with Crippen LogP contribution in [0.1, 0.15) is 39.8 Å². The van der Waals surface area contributed by atoms with Crippen LogP contribution in [0.15, 0.2) is 56.8 Å². The van der Waals surface area contributed by atoms with E-state index in [0.717, 1.165) is 0 Å². The molecule has 0 radical (unpaired) electrons. The molecule has 16 nitrogen and oxygen atoms in total. The molecule has 1 saturated heterocycles. The monoisotopic (exact) mass is 748 g/mol. The van der Waals surface area contributed by atoms with Gasteiger partial charge in [0.15, 0.2) is 23.3 Å². The highest BCUT2D eigenvalue weighted by Gasteiger charge is 2.50. The van der Waals surface area contributed by atoms with E-state index in [4.69, 9.17) is 47.7 Å². The minimum absolute atomic E-state index is 0.0107. The molecule has 0 spiro atoms. The molecule has 1 fully saturated rings. The molecular formula is C35H53N6O10P. The number of hydrogen-bond donors (Lipinski definition) is 2. The van der Waals surface area contributed by atoms with E-state index in [1.807, 2.05) is 27.7 Å². The van der Waals surface area contributed by atoms with Crippen LogP contribution in [0.5, 0.6) is 0 Å². The number of ether oxygens (including phenoxy) is 6. The number of anilines is 2. The molecule has 2 aromatic rings. The van der Waals surface area contributed by atoms with E-state index in [1.54, 1.807) is 24.3 Å². The van der Waals surface area contributed by atoms with Crippen molar-refractivity contribution in [3.63, 3.8) is 0 Å². The number of nitrogen functional groups attached to an aromatic ring is 1. The van der Waals surface area contributed by atoms with Crippen molar-refractivity contribution in [2.75, 3.05) is 57.3 Å². The van der Waals surface area contributed by atoms with E-state index in [-0.39, 0.29) is 68.5 Å². The van der Waals surface area contributed by atoms with Crippen molar-refractivity contribution in [3.8, 4) is 0 Å². The topological polar surface area (TPSA) is 190 Å². The van der Waals surface area contributed by atoms with Crippen LogP contribution < -0.4 is 11.1 Å². The molecule has 3 rings (SSSR count). The van der Waals surface area contributed by atoms with Gasteiger partial charge in [0.1, 0.15) is 30.5 Å². The smallest absolute Gasteiger partial charge is 0.333 e. The molecular weight excluding hydrogens is 695 g/mol. The zero-order valence-electron chi connectivity index (χ0n) is 30.5. The summed E-state index contributed by atoms with van der Waals surface area (Å²) >= 11 is 0. The summed E-state index contributed by atoms with van der Waals surface area (Å²) in [4.78, 5) is 31.4. The average Bonchev–Trinajstić information content (AvgIpc) is 3.12. The van der Waals surface area contributed by atoms with Crippen molar-refractivity contribution in [1.29, 1.82) is 0 Å². The van der Waals surface area contributed by atoms with Crippen LogP contribution in [-0.4, -0.2) is 109 Å². The van der Waals surface area contributed by atoms with Crippen LogP contribution in [-0.2, 0) is 53.4 Å². The van der Waals surface area contributed by atoms with E-state index in [2.05, 4.69) is 51.6 Å². The lowest BCUT2D eigenvalue weighted by molar-refractivity contribution is -0.326. The molecule has 1 aliphatic rings. The lowest BCUT2D eigenvalue weighted by atomic mass is 9.97. The highest BCUT2D eigenvalue weighted by atomic mass is 31.2. The molecule has 288 valence electrons. The number of carbonyl (C=O) groups excluding carboxylic acids is 1. The summed E-state index contributed by atoms with van der Waals surface area (Å²) in [6.45, 7) is 24.6. The molecule has 0 aliphatic carbocycles. The number of hydrogen-bond acceptors (Lipinski definition) is 15. The zero-order chi connectivity index (χ0) is 37.9. The largest absolute Gasteiger partial charge is 0.382 e. The van der Waals surface area contributed by atoms with E-state index in [1.165, 1.54) is 6.20 Å². The molecule has 0 aromatic carbocycles. The number of fused-ring (bicyclic) bond motifs is 1. The Hall–Kier alpha value is -3.28. The maximum atomic E-state index is 13.9. The van der Waals surface area contributed by atoms with Crippen molar-refractivity contribution in [2.45, 2.75) is 77.5 Å². The molecule has 17 heteroatoms. The summed E-state index contributed by atoms with van der Waals surface area (Å²) < 4.78 is 53.8. The minimum atomic E-state index is -1.53. The third kappa shape index (κ3) is 13.3. The first-order chi connectivity index (χ1) is 25.2. The van der Waals surface area contributed by atoms with Gasteiger partial charge in [0, 0.05) is 0 Å². The molecule has 1 amide bonds. The van der Waals surface area contributed by atoms with Gasteiger partial charge >= 0.3 is 8.60 Å². The maximum absolute atomic E-state index is 13.9. The summed E-state index contributed by atoms with van der Waals surface area (Å²) in [7, 11) is -1.53. The van der Waals surface area contributed by atoms with Crippen LogP contribution >= 0.6 is 8.60 Å². The number of nitrogens with zero attached hydrogens (tertiary/aromatic N) is 4. The fourth-order valence-electron chi connectivity index (χ4n) is 5.03. The first-order valence-electron chi connectivity index (χ1n) is 17.1. The highest BCUT2D eigenvalue weighted by Crippen LogP contribution is 2.40. The molecule has 0 saturated carbocycles. The quantitative estimate of drug-likeness (QED) is 0.0755. The number of rotatable bonds is 26. The lowest BCUT2D eigenvalue weighted by Crippen LogP contribution is -2.62. The first-order valence-corrected chi connectivity index (χ1v) is 18.2. The SMILES string of the molecule is C=CCOC[C@H]1O[C@@H](O[C@@H](CC(C)C)C(=O)Nc2nc(N)c3nc(COP(OCC)OCC)cnc3n2)[C@H](OCC=C)[C@@H](OCC=C)[C@@H]1OCC=C. The van der Waals surface area contributed by atoms with E-state index < -0.39 is 51.3 Å². The molecule has 52 heavy (non-hydrogen) atoms. The summed E-state index contributed by atoms with van der Waals surface area (Å²) in [6.07, 6.45) is 3.27. The third-order valence-electron chi connectivity index (χ3n) is 7.11. The number of nitrogens with two attached hydrogens (primary N) is 1. The average molecular weight is 749 g/mol. The second-order valence-electron chi connectivity index (χ2n) is 11.7. The van der Waals surface area contributed by atoms with Gasteiger partial charge in [0.25, 0.3) is 5.91 Å². The van der Waals surface area contributed by atoms with Gasteiger partial charge in [-0.05, 0) is 26.2 Å². The standard InChI is InChI=1S/C35H53N6O10P/c1-9-15-43-22-26-28(44-16-10-2)29(45-17-11-3)30(46-18-12-4)34(51-26)50-25(19-23(7)8)33(42)41-35-39-31(36)27-32(40-35)37-20-24(38-27)21-49-52(47-13-5)48-14-6/h9-12,20,23,25-26,28-30,34H,1-4,13-19,21-22H2,5-8H3,(H3,36,37,39,40,41,42)/t25-,26+,28+,29-,30+,34+/m0/s1. The van der Waals surface area contributed by atoms with Crippen LogP contribution in [0.3, 0.4) is 0 Å². The fourth-order valence-corrected chi connectivity index (χ4v) is 5.91. The predicted molar refractivity (Wildman–Crippen MR) is 197 cm³/mol. The second-order valence-corrected chi connectivity index (χ2v) is 12.9. The van der Waals surface area contributed by atoms with Crippen LogP contribution in [0, 0.1) is 5.92 Å². The Bertz CT molecular complexity index is 1430. The van der Waals surface area contributed by atoms with Crippen molar-refractivity contribution < 1.29 is 46.8 Å². The van der Waals surface area contributed by atoms with Crippen LogP contribution in [0.25, 0.3) is 11.2 Å². The number of carbonyl (C=O) groups is 1. The Kier molecular flexibility index (Phi) is 19.4. The molecule has 3 heterocycles. The Morgan fingerprint density at radius 3 is 2.17 bits per heavy atom. The van der Waals surface area contributed by atoms with Crippen molar-refractivity contribution in [1.82, 2.24) is 19.9 Å². The van der Waals surface area contributed by atoms with Gasteiger partial charge in [0.05, 0.1) is 64.7 Å². The van der Waals surface area contributed by atoms with E-state index in [9.17, 15) is 4.79 Å². The van der Waals surface area contributed by atoms with Gasteiger partial charge in [-0.25, -0.2) is 9.97 Å². The Labute approximate surface area is 307 Å².